The van der Waals surface area contributed by atoms with E-state index in [9.17, 15) is 13.2 Å². The van der Waals surface area contributed by atoms with Crippen LogP contribution in [0.25, 0.3) is 22.2 Å². The van der Waals surface area contributed by atoms with Crippen molar-refractivity contribution in [3.8, 4) is 11.3 Å². The average molecular weight is 497 g/mol. The van der Waals surface area contributed by atoms with E-state index in [2.05, 4.69) is 38.7 Å². The van der Waals surface area contributed by atoms with E-state index >= 15 is 0 Å². The Morgan fingerprint density at radius 2 is 1.80 bits per heavy atom. The van der Waals surface area contributed by atoms with Gasteiger partial charge in [-0.3, -0.25) is 4.79 Å². The molecule has 2 aliphatic rings. The summed E-state index contributed by atoms with van der Waals surface area (Å²) in [6.45, 7) is 5.01. The number of anilines is 3. The summed E-state index contributed by atoms with van der Waals surface area (Å²) >= 11 is 0. The summed E-state index contributed by atoms with van der Waals surface area (Å²) in [7, 11) is -2.95. The lowest BCUT2D eigenvalue weighted by atomic mass is 10.0. The molecule has 1 amide bonds. The van der Waals surface area contributed by atoms with Crippen LogP contribution in [0, 0.1) is 5.92 Å². The van der Waals surface area contributed by atoms with Crippen molar-refractivity contribution in [3.63, 3.8) is 0 Å². The van der Waals surface area contributed by atoms with E-state index in [-0.39, 0.29) is 17.4 Å². The maximum Gasteiger partial charge on any atom is 0.221 e. The first kappa shape index (κ1) is 23.7. The maximum absolute atomic E-state index is 12.0. The summed E-state index contributed by atoms with van der Waals surface area (Å²) in [5.41, 5.74) is 5.87. The summed E-state index contributed by atoms with van der Waals surface area (Å²) in [5, 5.41) is 7.54. The predicted molar refractivity (Wildman–Crippen MR) is 141 cm³/mol. The number of hydrogen-bond donors (Lipinski definition) is 3. The number of H-pyrrole nitrogens is 1. The van der Waals surface area contributed by atoms with Crippen LogP contribution >= 0.6 is 0 Å². The molecule has 0 saturated carbocycles. The molecule has 3 heterocycles. The zero-order chi connectivity index (χ0) is 24.4. The number of nitrogens with zero attached hydrogens (tertiary/aromatic N) is 1. The SMILES string of the molecule is CC(=O)Nc1ccc(-c2cc3cc(N4CCS(=O)(=O)CC4)cc(NCC4CCOCC4)c3[nH]2)cc1. The van der Waals surface area contributed by atoms with Gasteiger partial charge >= 0.3 is 0 Å². The predicted octanol–water partition coefficient (Wildman–Crippen LogP) is 3.87. The molecular formula is C26H32N4O4S. The molecule has 1 aromatic heterocycles. The number of rotatable bonds is 6. The molecule has 0 unspecified atom stereocenters. The summed E-state index contributed by atoms with van der Waals surface area (Å²) in [4.78, 5) is 17.1. The van der Waals surface area contributed by atoms with Gasteiger partial charge in [0.05, 0.1) is 22.7 Å². The number of carbonyl (C=O) groups is 1. The van der Waals surface area contributed by atoms with Crippen LogP contribution in [0.15, 0.2) is 42.5 Å². The zero-order valence-electron chi connectivity index (χ0n) is 20.0. The molecule has 2 aromatic carbocycles. The van der Waals surface area contributed by atoms with Gasteiger partial charge in [-0.05, 0) is 54.7 Å². The second kappa shape index (κ2) is 9.91. The molecule has 35 heavy (non-hydrogen) atoms. The number of hydrogen-bond acceptors (Lipinski definition) is 6. The monoisotopic (exact) mass is 496 g/mol. The molecule has 3 aromatic rings. The van der Waals surface area contributed by atoms with E-state index in [1.54, 1.807) is 0 Å². The van der Waals surface area contributed by atoms with Crippen molar-refractivity contribution in [2.24, 2.45) is 5.92 Å². The first-order valence-electron chi connectivity index (χ1n) is 12.2. The quantitative estimate of drug-likeness (QED) is 0.479. The lowest BCUT2D eigenvalue weighted by Crippen LogP contribution is -2.40. The van der Waals surface area contributed by atoms with Gasteiger partial charge < -0.3 is 25.3 Å². The smallest absolute Gasteiger partial charge is 0.221 e. The van der Waals surface area contributed by atoms with Crippen LogP contribution < -0.4 is 15.5 Å². The van der Waals surface area contributed by atoms with Gasteiger partial charge in [-0.15, -0.1) is 0 Å². The molecule has 0 bridgehead atoms. The Morgan fingerprint density at radius 3 is 2.49 bits per heavy atom. The maximum atomic E-state index is 12.0. The van der Waals surface area contributed by atoms with Crippen molar-refractivity contribution in [3.05, 3.63) is 42.5 Å². The van der Waals surface area contributed by atoms with E-state index < -0.39 is 9.84 Å². The first-order valence-corrected chi connectivity index (χ1v) is 14.0. The van der Waals surface area contributed by atoms with Crippen molar-refractivity contribution in [2.45, 2.75) is 19.8 Å². The lowest BCUT2D eigenvalue weighted by Gasteiger charge is -2.29. The van der Waals surface area contributed by atoms with Crippen molar-refractivity contribution in [1.29, 1.82) is 0 Å². The first-order chi connectivity index (χ1) is 16.9. The topological polar surface area (TPSA) is 104 Å². The van der Waals surface area contributed by atoms with Crippen LogP contribution in [-0.2, 0) is 19.4 Å². The largest absolute Gasteiger partial charge is 0.383 e. The van der Waals surface area contributed by atoms with Crippen molar-refractivity contribution in [2.75, 3.05) is 59.9 Å². The summed E-state index contributed by atoms with van der Waals surface area (Å²) in [6.07, 6.45) is 2.10. The number of nitrogens with one attached hydrogen (secondary N) is 3. The normalized spacial score (nSPS) is 18.5. The third-order valence-corrected chi connectivity index (χ3v) is 8.47. The van der Waals surface area contributed by atoms with Gasteiger partial charge in [0.1, 0.15) is 0 Å². The number of benzene rings is 2. The Balaban J connectivity index is 1.46. The molecule has 2 aliphatic heterocycles. The molecule has 3 N–H and O–H groups in total. The summed E-state index contributed by atoms with van der Waals surface area (Å²) < 4.78 is 29.4. The number of aromatic nitrogens is 1. The van der Waals surface area contributed by atoms with E-state index in [1.807, 2.05) is 24.3 Å². The third-order valence-electron chi connectivity index (χ3n) is 6.86. The number of fused-ring (bicyclic) bond motifs is 1. The Hall–Kier alpha value is -3.04. The standard InChI is InChI=1S/C26H32N4O4S/c1-18(31)28-22-4-2-20(3-5-22)24-15-21-14-23(30-8-12-35(32,33)13-9-30)16-25(26(21)29-24)27-17-19-6-10-34-11-7-19/h2-5,14-16,19,27,29H,6-13,17H2,1H3,(H,28,31). The van der Waals surface area contributed by atoms with Gasteiger partial charge in [-0.1, -0.05) is 12.1 Å². The van der Waals surface area contributed by atoms with Crippen molar-refractivity contribution in [1.82, 2.24) is 4.98 Å². The highest BCUT2D eigenvalue weighted by Crippen LogP contribution is 2.34. The fourth-order valence-corrected chi connectivity index (χ4v) is 6.02. The molecule has 8 nitrogen and oxygen atoms in total. The molecule has 9 heteroatoms. The molecule has 5 rings (SSSR count). The van der Waals surface area contributed by atoms with E-state index in [4.69, 9.17) is 4.74 Å². The Bertz CT molecular complexity index is 1300. The minimum absolute atomic E-state index is 0.0957. The Kier molecular flexibility index (Phi) is 6.71. The van der Waals surface area contributed by atoms with Crippen LogP contribution in [0.3, 0.4) is 0 Å². The number of carbonyl (C=O) groups excluding carboxylic acids is 1. The van der Waals surface area contributed by atoms with E-state index in [1.165, 1.54) is 6.92 Å². The molecule has 2 saturated heterocycles. The fraction of sp³-hybridized carbons (Fsp3) is 0.423. The minimum Gasteiger partial charge on any atom is -0.383 e. The second-order valence-electron chi connectivity index (χ2n) is 9.47. The van der Waals surface area contributed by atoms with Gasteiger partial charge in [0.25, 0.3) is 0 Å². The zero-order valence-corrected chi connectivity index (χ0v) is 20.8. The minimum atomic E-state index is -2.95. The van der Waals surface area contributed by atoms with Crippen LogP contribution in [0.2, 0.25) is 0 Å². The molecule has 0 atom stereocenters. The molecule has 2 fully saturated rings. The Labute approximate surface area is 206 Å². The van der Waals surface area contributed by atoms with Crippen molar-refractivity contribution < 1.29 is 17.9 Å². The van der Waals surface area contributed by atoms with Gasteiger partial charge in [0.15, 0.2) is 9.84 Å². The van der Waals surface area contributed by atoms with Gasteiger partial charge in [0.2, 0.25) is 5.91 Å². The molecule has 186 valence electrons. The molecule has 0 spiro atoms. The highest BCUT2D eigenvalue weighted by atomic mass is 32.2. The fourth-order valence-electron chi connectivity index (χ4n) is 4.82. The number of amides is 1. The number of ether oxygens (including phenoxy) is 1. The average Bonchev–Trinajstić information content (AvgIpc) is 3.28. The van der Waals surface area contributed by atoms with Crippen LogP contribution in [0.5, 0.6) is 0 Å². The van der Waals surface area contributed by atoms with Gasteiger partial charge in [0, 0.05) is 62.2 Å². The number of aromatic amines is 1. The highest BCUT2D eigenvalue weighted by molar-refractivity contribution is 7.91. The van der Waals surface area contributed by atoms with Crippen LogP contribution in [0.1, 0.15) is 19.8 Å². The van der Waals surface area contributed by atoms with Gasteiger partial charge in [-0.2, -0.15) is 0 Å². The van der Waals surface area contributed by atoms with E-state index in [0.29, 0.717) is 19.0 Å². The third kappa shape index (κ3) is 5.62. The summed E-state index contributed by atoms with van der Waals surface area (Å²) in [6, 6.07) is 14.2. The number of sulfone groups is 1. The Morgan fingerprint density at radius 1 is 1.09 bits per heavy atom. The highest BCUT2D eigenvalue weighted by Gasteiger charge is 2.23. The van der Waals surface area contributed by atoms with Gasteiger partial charge in [-0.25, -0.2) is 8.42 Å². The summed E-state index contributed by atoms with van der Waals surface area (Å²) in [5.74, 6) is 0.851. The van der Waals surface area contributed by atoms with Crippen LogP contribution in [-0.4, -0.2) is 63.7 Å². The van der Waals surface area contributed by atoms with Crippen molar-refractivity contribution >= 4 is 43.7 Å². The lowest BCUT2D eigenvalue weighted by molar-refractivity contribution is -0.114. The van der Waals surface area contributed by atoms with Crippen LogP contribution in [0.4, 0.5) is 17.1 Å². The molecular weight excluding hydrogens is 464 g/mol. The molecule has 0 aliphatic carbocycles. The molecule has 0 radical (unpaired) electrons. The van der Waals surface area contributed by atoms with E-state index in [0.717, 1.165) is 71.8 Å². The second-order valence-corrected chi connectivity index (χ2v) is 11.8.